The summed E-state index contributed by atoms with van der Waals surface area (Å²) in [4.78, 5) is 31.5. The number of nitrogens with zero attached hydrogens (tertiary/aromatic N) is 1. The zero-order chi connectivity index (χ0) is 32.6. The number of benzene rings is 2. The van der Waals surface area contributed by atoms with Gasteiger partial charge in [-0.05, 0) is 89.0 Å². The van der Waals surface area contributed by atoms with Crippen LogP contribution in [0.3, 0.4) is 0 Å². The van der Waals surface area contributed by atoms with E-state index in [2.05, 4.69) is 0 Å². The van der Waals surface area contributed by atoms with Gasteiger partial charge in [-0.1, -0.05) is 36.4 Å². The zero-order valence-corrected chi connectivity index (χ0v) is 27.8. The summed E-state index contributed by atoms with van der Waals surface area (Å²) in [5.41, 5.74) is 2.01. The molecule has 2 fully saturated rings. The molecule has 0 bridgehead atoms. The van der Waals surface area contributed by atoms with Gasteiger partial charge in [0.2, 0.25) is 0 Å². The van der Waals surface area contributed by atoms with Gasteiger partial charge in [0.25, 0.3) is 0 Å². The third-order valence-electron chi connectivity index (χ3n) is 9.48. The molecule has 3 aliphatic rings. The van der Waals surface area contributed by atoms with Gasteiger partial charge in [0.1, 0.15) is 31.1 Å². The van der Waals surface area contributed by atoms with E-state index >= 15 is 0 Å². The molecule has 0 aromatic heterocycles. The first-order valence-electron chi connectivity index (χ1n) is 15.5. The Balaban J connectivity index is 1.41. The molecule has 0 amide bonds. The van der Waals surface area contributed by atoms with Crippen molar-refractivity contribution >= 4 is 49.1 Å². The molecule has 2 aromatic carbocycles. The summed E-state index contributed by atoms with van der Waals surface area (Å²) in [7, 11) is -6.33. The Kier molecular flexibility index (Phi) is 9.43. The fraction of sp³-hybridized carbons (Fsp3) is 0.500. The van der Waals surface area contributed by atoms with Crippen LogP contribution in [0.15, 0.2) is 53.5 Å². The fourth-order valence-corrected chi connectivity index (χ4v) is 8.90. The number of esters is 2. The molecule has 11 heteroatoms. The maximum atomic E-state index is 13.3. The number of aliphatic imine (C=N–C) groups is 1. The van der Waals surface area contributed by atoms with E-state index in [1.54, 1.807) is 12.1 Å². The number of sulfone groups is 2. The molecule has 0 saturated heterocycles. The molecule has 1 aliphatic heterocycles. The molecular formula is C34H41NO8S2. The van der Waals surface area contributed by atoms with Crippen LogP contribution in [-0.4, -0.2) is 57.5 Å². The predicted molar refractivity (Wildman–Crippen MR) is 174 cm³/mol. The van der Waals surface area contributed by atoms with Crippen LogP contribution >= 0.6 is 0 Å². The Bertz CT molecular complexity index is 1730. The molecule has 2 aromatic rings. The minimum atomic E-state index is -3.16. The SMILES string of the molecule is CC1(C)C(/C=C/c2ccccc2)=Nc2c(OC(=O)C3CCC(S(C)(=O)=O)CC3)ccc(OC(=O)[C@H]3CC[C@H](S(C)(=O)=O)CC3)c21. The van der Waals surface area contributed by atoms with Gasteiger partial charge in [0, 0.05) is 23.5 Å². The molecule has 0 atom stereocenters. The van der Waals surface area contributed by atoms with Gasteiger partial charge in [0.05, 0.1) is 28.0 Å². The number of hydrogen-bond donors (Lipinski definition) is 0. The van der Waals surface area contributed by atoms with E-state index in [1.807, 2.05) is 56.3 Å². The third-order valence-corrected chi connectivity index (χ3v) is 12.8. The van der Waals surface area contributed by atoms with Crippen LogP contribution in [0.2, 0.25) is 0 Å². The molecule has 0 radical (unpaired) electrons. The highest BCUT2D eigenvalue weighted by Gasteiger charge is 2.41. The average molecular weight is 656 g/mol. The summed E-state index contributed by atoms with van der Waals surface area (Å²) in [6.45, 7) is 3.94. The first-order valence-corrected chi connectivity index (χ1v) is 19.4. The molecule has 2 saturated carbocycles. The number of fused-ring (bicyclic) bond motifs is 1. The zero-order valence-electron chi connectivity index (χ0n) is 26.2. The Hall–Kier alpha value is -3.31. The average Bonchev–Trinajstić information content (AvgIpc) is 3.27. The van der Waals surface area contributed by atoms with Crippen LogP contribution in [0.1, 0.15) is 76.3 Å². The molecule has 9 nitrogen and oxygen atoms in total. The Morgan fingerprint density at radius 3 is 1.67 bits per heavy atom. The summed E-state index contributed by atoms with van der Waals surface area (Å²) < 4.78 is 59.9. The highest BCUT2D eigenvalue weighted by atomic mass is 32.2. The van der Waals surface area contributed by atoms with E-state index in [4.69, 9.17) is 14.5 Å². The summed E-state index contributed by atoms with van der Waals surface area (Å²) in [5, 5.41) is -0.877. The number of carbonyl (C=O) groups excluding carboxylic acids is 2. The highest BCUT2D eigenvalue weighted by Crippen LogP contribution is 2.51. The van der Waals surface area contributed by atoms with Gasteiger partial charge < -0.3 is 9.47 Å². The van der Waals surface area contributed by atoms with Gasteiger partial charge in [-0.2, -0.15) is 0 Å². The van der Waals surface area contributed by atoms with Crippen LogP contribution in [0.4, 0.5) is 5.69 Å². The van der Waals surface area contributed by atoms with Crippen molar-refractivity contribution in [1.82, 2.24) is 0 Å². The number of allylic oxidation sites excluding steroid dienone is 1. The van der Waals surface area contributed by atoms with Gasteiger partial charge in [-0.3, -0.25) is 9.59 Å². The summed E-state index contributed by atoms with van der Waals surface area (Å²) in [6, 6.07) is 13.0. The van der Waals surface area contributed by atoms with E-state index in [1.165, 1.54) is 12.5 Å². The van der Waals surface area contributed by atoms with Crippen molar-refractivity contribution < 1.29 is 35.9 Å². The summed E-state index contributed by atoms with van der Waals surface area (Å²) in [5.74, 6) is -1.11. The highest BCUT2D eigenvalue weighted by molar-refractivity contribution is 7.91. The molecule has 0 N–H and O–H groups in total. The largest absolute Gasteiger partial charge is 0.426 e. The van der Waals surface area contributed by atoms with E-state index in [9.17, 15) is 26.4 Å². The number of carbonyl (C=O) groups is 2. The second-order valence-corrected chi connectivity index (χ2v) is 17.8. The van der Waals surface area contributed by atoms with Crippen LogP contribution in [0.5, 0.6) is 11.5 Å². The van der Waals surface area contributed by atoms with Crippen LogP contribution in [0, 0.1) is 11.8 Å². The molecule has 1 heterocycles. The van der Waals surface area contributed by atoms with Gasteiger partial charge in [-0.25, -0.2) is 21.8 Å². The monoisotopic (exact) mass is 655 g/mol. The lowest BCUT2D eigenvalue weighted by atomic mass is 9.80. The smallest absolute Gasteiger partial charge is 0.314 e. The Morgan fingerprint density at radius 2 is 1.18 bits per heavy atom. The number of hydrogen-bond acceptors (Lipinski definition) is 9. The van der Waals surface area contributed by atoms with Crippen molar-refractivity contribution in [2.45, 2.75) is 81.1 Å². The normalized spacial score (nSPS) is 24.9. The second kappa shape index (κ2) is 12.8. The van der Waals surface area contributed by atoms with Crippen LogP contribution < -0.4 is 9.47 Å². The van der Waals surface area contributed by atoms with Crippen molar-refractivity contribution in [3.8, 4) is 11.5 Å². The maximum absolute atomic E-state index is 13.3. The van der Waals surface area contributed by atoms with E-state index in [-0.39, 0.29) is 5.75 Å². The molecule has 242 valence electrons. The molecule has 2 aliphatic carbocycles. The number of ether oxygens (including phenoxy) is 2. The second-order valence-electron chi connectivity index (χ2n) is 13.1. The lowest BCUT2D eigenvalue weighted by molar-refractivity contribution is -0.141. The Labute approximate surface area is 266 Å². The third kappa shape index (κ3) is 7.41. The maximum Gasteiger partial charge on any atom is 0.314 e. The molecular weight excluding hydrogens is 615 g/mol. The molecule has 0 spiro atoms. The fourth-order valence-electron chi connectivity index (χ4n) is 6.65. The van der Waals surface area contributed by atoms with Crippen molar-refractivity contribution in [3.63, 3.8) is 0 Å². The minimum absolute atomic E-state index is 0.255. The summed E-state index contributed by atoms with van der Waals surface area (Å²) in [6.07, 6.45) is 9.71. The quantitative estimate of drug-likeness (QED) is 0.258. The van der Waals surface area contributed by atoms with Crippen molar-refractivity contribution in [3.05, 3.63) is 59.7 Å². The molecule has 45 heavy (non-hydrogen) atoms. The van der Waals surface area contributed by atoms with Crippen molar-refractivity contribution in [2.75, 3.05) is 12.5 Å². The first kappa shape index (κ1) is 33.1. The lowest BCUT2D eigenvalue weighted by Crippen LogP contribution is -2.32. The lowest BCUT2D eigenvalue weighted by Gasteiger charge is -2.28. The van der Waals surface area contributed by atoms with Crippen molar-refractivity contribution in [1.29, 1.82) is 0 Å². The van der Waals surface area contributed by atoms with Crippen LogP contribution in [-0.2, 0) is 34.7 Å². The number of rotatable bonds is 8. The standard InChI is InChI=1S/C34H41NO8S2/c1-34(2)29(21-10-22-8-6-5-7-9-22)35-31-28(43-33(37)24-13-17-26(18-14-24)45(4,40)41)20-19-27(30(31)34)42-32(36)23-11-15-25(16-12-23)44(3,38)39/h5-10,19-21,23-26H,11-18H2,1-4H3/b21-10+/t23-,24?,25-,26?. The van der Waals surface area contributed by atoms with E-state index in [0.717, 1.165) is 5.56 Å². The van der Waals surface area contributed by atoms with Gasteiger partial charge in [0.15, 0.2) is 5.75 Å². The Morgan fingerprint density at radius 1 is 0.711 bits per heavy atom. The van der Waals surface area contributed by atoms with E-state index in [0.29, 0.717) is 74.1 Å². The molecule has 0 unspecified atom stereocenters. The minimum Gasteiger partial charge on any atom is -0.426 e. The predicted octanol–water partition coefficient (Wildman–Crippen LogP) is 5.78. The van der Waals surface area contributed by atoms with Crippen molar-refractivity contribution in [2.24, 2.45) is 16.8 Å². The topological polar surface area (TPSA) is 133 Å². The van der Waals surface area contributed by atoms with Gasteiger partial charge in [-0.15, -0.1) is 0 Å². The van der Waals surface area contributed by atoms with E-state index < -0.39 is 59.4 Å². The van der Waals surface area contributed by atoms with Crippen LogP contribution in [0.25, 0.3) is 6.08 Å². The molecule has 5 rings (SSSR count). The van der Waals surface area contributed by atoms with Gasteiger partial charge >= 0.3 is 11.9 Å². The summed E-state index contributed by atoms with van der Waals surface area (Å²) >= 11 is 0. The first-order chi connectivity index (χ1) is 21.1.